The second kappa shape index (κ2) is 7.24. The van der Waals surface area contributed by atoms with Gasteiger partial charge >= 0.3 is 0 Å². The Hall–Kier alpha value is -3.65. The SMILES string of the molecule is Fc1ccc(-c2ccnc3nc(-c4n[nH]c5cnc(C6CCNCC6)cc45)[nH]c23)cc1. The van der Waals surface area contributed by atoms with Crippen LogP contribution < -0.4 is 5.32 Å². The summed E-state index contributed by atoms with van der Waals surface area (Å²) in [5, 5.41) is 12.0. The number of nitrogens with one attached hydrogen (secondary N) is 3. The van der Waals surface area contributed by atoms with Crippen LogP contribution in [0.15, 0.2) is 48.8 Å². The average molecular weight is 413 g/mol. The van der Waals surface area contributed by atoms with Crippen molar-refractivity contribution in [2.75, 3.05) is 13.1 Å². The Balaban J connectivity index is 1.46. The van der Waals surface area contributed by atoms with Gasteiger partial charge in [0, 0.05) is 28.8 Å². The van der Waals surface area contributed by atoms with Gasteiger partial charge in [0.15, 0.2) is 11.5 Å². The van der Waals surface area contributed by atoms with E-state index in [1.165, 1.54) is 12.1 Å². The minimum Gasteiger partial charge on any atom is -0.335 e. The number of fused-ring (bicyclic) bond motifs is 2. The van der Waals surface area contributed by atoms with E-state index in [-0.39, 0.29) is 5.82 Å². The molecule has 31 heavy (non-hydrogen) atoms. The molecule has 1 aliphatic heterocycles. The Kier molecular flexibility index (Phi) is 4.24. The van der Waals surface area contributed by atoms with E-state index in [1.54, 1.807) is 18.3 Å². The molecule has 5 aromatic rings. The minimum atomic E-state index is -0.263. The van der Waals surface area contributed by atoms with Crippen LogP contribution in [0.5, 0.6) is 0 Å². The van der Waals surface area contributed by atoms with Crippen LogP contribution in [0.25, 0.3) is 44.7 Å². The topological polar surface area (TPSA) is 95.2 Å². The second-order valence-corrected chi connectivity index (χ2v) is 7.90. The molecule has 3 N–H and O–H groups in total. The van der Waals surface area contributed by atoms with Crippen molar-refractivity contribution in [2.45, 2.75) is 18.8 Å². The van der Waals surface area contributed by atoms with Crippen molar-refractivity contribution in [3.8, 4) is 22.6 Å². The van der Waals surface area contributed by atoms with E-state index in [0.29, 0.717) is 17.4 Å². The summed E-state index contributed by atoms with van der Waals surface area (Å²) < 4.78 is 13.4. The number of imidazole rings is 1. The highest BCUT2D eigenvalue weighted by Crippen LogP contribution is 2.32. The van der Waals surface area contributed by atoms with Crippen molar-refractivity contribution in [1.82, 2.24) is 35.5 Å². The largest absolute Gasteiger partial charge is 0.335 e. The van der Waals surface area contributed by atoms with E-state index in [0.717, 1.165) is 64.9 Å². The maximum absolute atomic E-state index is 13.4. The fourth-order valence-electron chi connectivity index (χ4n) is 4.35. The number of benzene rings is 1. The predicted octanol–water partition coefficient (Wildman–Crippen LogP) is 4.17. The zero-order valence-corrected chi connectivity index (χ0v) is 16.7. The Morgan fingerprint density at radius 1 is 1.00 bits per heavy atom. The molecule has 7 nitrogen and oxygen atoms in total. The van der Waals surface area contributed by atoms with Gasteiger partial charge in [0.05, 0.1) is 17.2 Å². The van der Waals surface area contributed by atoms with Crippen LogP contribution in [0.2, 0.25) is 0 Å². The third kappa shape index (κ3) is 3.16. The number of H-pyrrole nitrogens is 2. The molecule has 6 rings (SSSR count). The lowest BCUT2D eigenvalue weighted by atomic mass is 9.93. The molecule has 0 amide bonds. The van der Waals surface area contributed by atoms with Gasteiger partial charge in [-0.05, 0) is 55.8 Å². The number of hydrogen-bond donors (Lipinski definition) is 3. The van der Waals surface area contributed by atoms with Crippen molar-refractivity contribution in [2.24, 2.45) is 0 Å². The fourth-order valence-corrected chi connectivity index (χ4v) is 4.35. The van der Waals surface area contributed by atoms with Crippen molar-refractivity contribution in [3.05, 3.63) is 60.3 Å². The first kappa shape index (κ1) is 18.1. The fraction of sp³-hybridized carbons (Fsp3) is 0.217. The van der Waals surface area contributed by atoms with Crippen LogP contribution in [0.4, 0.5) is 4.39 Å². The highest BCUT2D eigenvalue weighted by molar-refractivity contribution is 5.95. The number of piperidine rings is 1. The molecule has 0 saturated carbocycles. The smallest absolute Gasteiger partial charge is 0.178 e. The van der Waals surface area contributed by atoms with Crippen LogP contribution in [0, 0.1) is 5.82 Å². The molecular formula is C23H20FN7. The Labute approximate surface area is 177 Å². The Bertz CT molecular complexity index is 1380. The highest BCUT2D eigenvalue weighted by atomic mass is 19.1. The van der Waals surface area contributed by atoms with Gasteiger partial charge in [0.25, 0.3) is 0 Å². The van der Waals surface area contributed by atoms with Gasteiger partial charge in [-0.1, -0.05) is 12.1 Å². The standard InChI is InChI=1S/C23H20FN7/c24-15-3-1-13(2-4-15)16-7-10-26-22-20(16)28-23(29-22)21-17-11-18(14-5-8-25-9-6-14)27-12-19(17)30-31-21/h1-4,7,10-12,14,25H,5-6,8-9H2,(H,30,31)(H,26,28,29). The van der Waals surface area contributed by atoms with E-state index in [9.17, 15) is 4.39 Å². The number of pyridine rings is 2. The number of aromatic nitrogens is 6. The molecule has 0 bridgehead atoms. The Morgan fingerprint density at radius 3 is 2.68 bits per heavy atom. The zero-order chi connectivity index (χ0) is 20.8. The van der Waals surface area contributed by atoms with Gasteiger partial charge in [-0.25, -0.2) is 14.4 Å². The molecule has 1 fully saturated rings. The lowest BCUT2D eigenvalue weighted by molar-refractivity contribution is 0.453. The molecule has 0 radical (unpaired) electrons. The maximum Gasteiger partial charge on any atom is 0.178 e. The number of hydrogen-bond acceptors (Lipinski definition) is 5. The second-order valence-electron chi connectivity index (χ2n) is 7.90. The summed E-state index contributed by atoms with van der Waals surface area (Å²) in [5.41, 5.74) is 5.93. The summed E-state index contributed by atoms with van der Waals surface area (Å²) in [4.78, 5) is 17.2. The molecular weight excluding hydrogens is 393 g/mol. The van der Waals surface area contributed by atoms with Crippen molar-refractivity contribution >= 4 is 22.1 Å². The summed E-state index contributed by atoms with van der Waals surface area (Å²) in [6.07, 6.45) is 5.74. The molecule has 0 spiro atoms. The zero-order valence-electron chi connectivity index (χ0n) is 16.7. The summed E-state index contributed by atoms with van der Waals surface area (Å²) in [6, 6.07) is 10.5. The first-order valence-corrected chi connectivity index (χ1v) is 10.4. The van der Waals surface area contributed by atoms with Gasteiger partial charge in [0.2, 0.25) is 0 Å². The van der Waals surface area contributed by atoms with E-state index in [2.05, 4.69) is 36.5 Å². The lowest BCUT2D eigenvalue weighted by Crippen LogP contribution is -2.27. The lowest BCUT2D eigenvalue weighted by Gasteiger charge is -2.21. The third-order valence-electron chi connectivity index (χ3n) is 6.00. The number of halogens is 1. The molecule has 1 saturated heterocycles. The highest BCUT2D eigenvalue weighted by Gasteiger charge is 2.20. The first-order chi connectivity index (χ1) is 15.3. The van der Waals surface area contributed by atoms with Crippen molar-refractivity contribution in [3.63, 3.8) is 0 Å². The normalized spacial score (nSPS) is 15.1. The van der Waals surface area contributed by atoms with Gasteiger partial charge in [-0.2, -0.15) is 5.10 Å². The summed E-state index contributed by atoms with van der Waals surface area (Å²) in [5.74, 6) is 0.835. The number of rotatable bonds is 3. The number of nitrogens with zero attached hydrogens (tertiary/aromatic N) is 4. The van der Waals surface area contributed by atoms with Crippen LogP contribution in [0.3, 0.4) is 0 Å². The van der Waals surface area contributed by atoms with E-state index in [1.807, 2.05) is 12.3 Å². The predicted molar refractivity (Wildman–Crippen MR) is 117 cm³/mol. The van der Waals surface area contributed by atoms with E-state index >= 15 is 0 Å². The number of aromatic amines is 2. The molecule has 0 aliphatic carbocycles. The molecule has 8 heteroatoms. The molecule has 4 aromatic heterocycles. The third-order valence-corrected chi connectivity index (χ3v) is 6.00. The summed E-state index contributed by atoms with van der Waals surface area (Å²) >= 11 is 0. The maximum atomic E-state index is 13.4. The quantitative estimate of drug-likeness (QED) is 0.413. The van der Waals surface area contributed by atoms with Crippen LogP contribution in [0.1, 0.15) is 24.5 Å². The molecule has 1 aliphatic rings. The van der Waals surface area contributed by atoms with E-state index in [4.69, 9.17) is 4.98 Å². The van der Waals surface area contributed by atoms with Gasteiger partial charge in [-0.3, -0.25) is 10.1 Å². The summed E-state index contributed by atoms with van der Waals surface area (Å²) in [7, 11) is 0. The molecule has 154 valence electrons. The molecule has 0 atom stereocenters. The molecule has 5 heterocycles. The molecule has 1 aromatic carbocycles. The first-order valence-electron chi connectivity index (χ1n) is 10.4. The Morgan fingerprint density at radius 2 is 1.84 bits per heavy atom. The van der Waals surface area contributed by atoms with Crippen molar-refractivity contribution < 1.29 is 4.39 Å². The monoisotopic (exact) mass is 413 g/mol. The van der Waals surface area contributed by atoms with Gasteiger partial charge < -0.3 is 10.3 Å². The minimum absolute atomic E-state index is 0.263. The summed E-state index contributed by atoms with van der Waals surface area (Å²) in [6.45, 7) is 2.04. The van der Waals surface area contributed by atoms with Crippen LogP contribution >= 0.6 is 0 Å². The van der Waals surface area contributed by atoms with Crippen LogP contribution in [-0.2, 0) is 0 Å². The molecule has 0 unspecified atom stereocenters. The van der Waals surface area contributed by atoms with Crippen molar-refractivity contribution in [1.29, 1.82) is 0 Å². The van der Waals surface area contributed by atoms with Crippen LogP contribution in [-0.4, -0.2) is 43.2 Å². The average Bonchev–Trinajstić information content (AvgIpc) is 3.43. The van der Waals surface area contributed by atoms with Gasteiger partial charge in [-0.15, -0.1) is 0 Å². The van der Waals surface area contributed by atoms with E-state index < -0.39 is 0 Å². The van der Waals surface area contributed by atoms with Gasteiger partial charge in [0.1, 0.15) is 11.5 Å².